The predicted octanol–water partition coefficient (Wildman–Crippen LogP) is 2.39. The number of ether oxygens (including phenoxy) is 1. The molecule has 4 nitrogen and oxygen atoms in total. The lowest BCUT2D eigenvalue weighted by Crippen LogP contribution is -2.37. The zero-order chi connectivity index (χ0) is 13.4. The summed E-state index contributed by atoms with van der Waals surface area (Å²) in [5.74, 6) is 0.850. The summed E-state index contributed by atoms with van der Waals surface area (Å²) in [6, 6.07) is 5.94. The Morgan fingerprint density at radius 2 is 1.72 bits per heavy atom. The van der Waals surface area contributed by atoms with Crippen molar-refractivity contribution in [2.75, 3.05) is 19.7 Å². The van der Waals surface area contributed by atoms with Gasteiger partial charge in [0.15, 0.2) is 0 Å². The van der Waals surface area contributed by atoms with E-state index in [1.54, 1.807) is 0 Å². The number of amides is 2. The van der Waals surface area contributed by atoms with Crippen molar-refractivity contribution in [1.82, 2.24) is 10.6 Å². The molecule has 0 aromatic heterocycles. The van der Waals surface area contributed by atoms with Crippen LogP contribution in [0.1, 0.15) is 24.5 Å². The van der Waals surface area contributed by atoms with Gasteiger partial charge in [-0.1, -0.05) is 13.0 Å². The number of carbonyl (C=O) groups is 1. The van der Waals surface area contributed by atoms with Crippen LogP contribution >= 0.6 is 0 Å². The van der Waals surface area contributed by atoms with Gasteiger partial charge in [-0.3, -0.25) is 0 Å². The fraction of sp³-hybridized carbons (Fsp3) is 0.500. The second kappa shape index (κ2) is 7.58. The topological polar surface area (TPSA) is 50.4 Å². The molecule has 0 heterocycles. The van der Waals surface area contributed by atoms with E-state index >= 15 is 0 Å². The molecule has 18 heavy (non-hydrogen) atoms. The van der Waals surface area contributed by atoms with E-state index in [0.29, 0.717) is 19.7 Å². The molecule has 2 N–H and O–H groups in total. The van der Waals surface area contributed by atoms with E-state index in [4.69, 9.17) is 4.74 Å². The number of rotatable bonds is 6. The van der Waals surface area contributed by atoms with Gasteiger partial charge in [-0.2, -0.15) is 0 Å². The number of benzene rings is 1. The van der Waals surface area contributed by atoms with Crippen molar-refractivity contribution < 1.29 is 9.53 Å². The minimum absolute atomic E-state index is 0.138. The molecule has 4 heteroatoms. The second-order valence-corrected chi connectivity index (χ2v) is 4.35. The molecule has 0 saturated heterocycles. The highest BCUT2D eigenvalue weighted by atomic mass is 16.5. The maximum Gasteiger partial charge on any atom is 0.314 e. The van der Waals surface area contributed by atoms with Crippen LogP contribution in [0.3, 0.4) is 0 Å². The first-order chi connectivity index (χ1) is 8.61. The lowest BCUT2D eigenvalue weighted by atomic mass is 10.1. The van der Waals surface area contributed by atoms with Crippen molar-refractivity contribution in [2.24, 2.45) is 0 Å². The molecule has 2 amide bonds. The van der Waals surface area contributed by atoms with Crippen LogP contribution < -0.4 is 15.4 Å². The van der Waals surface area contributed by atoms with Gasteiger partial charge in [-0.05, 0) is 43.5 Å². The minimum Gasteiger partial charge on any atom is -0.492 e. The molecule has 1 aromatic carbocycles. The van der Waals surface area contributed by atoms with Crippen molar-refractivity contribution in [3.8, 4) is 5.75 Å². The van der Waals surface area contributed by atoms with Crippen molar-refractivity contribution in [1.29, 1.82) is 0 Å². The van der Waals surface area contributed by atoms with Crippen LogP contribution in [0.2, 0.25) is 0 Å². The molecule has 0 aliphatic rings. The average molecular weight is 250 g/mol. The Morgan fingerprint density at radius 1 is 1.11 bits per heavy atom. The van der Waals surface area contributed by atoms with Gasteiger partial charge in [-0.25, -0.2) is 4.79 Å². The average Bonchev–Trinajstić information content (AvgIpc) is 2.31. The van der Waals surface area contributed by atoms with Crippen LogP contribution in [-0.2, 0) is 0 Å². The Morgan fingerprint density at radius 3 is 2.33 bits per heavy atom. The number of aryl methyl sites for hydroxylation is 2. The molecule has 0 fully saturated rings. The summed E-state index contributed by atoms with van der Waals surface area (Å²) >= 11 is 0. The third kappa shape index (κ3) is 5.57. The molecular formula is C14H22N2O2. The molecule has 0 aliphatic heterocycles. The van der Waals surface area contributed by atoms with Crippen LogP contribution in [0.15, 0.2) is 18.2 Å². The van der Waals surface area contributed by atoms with Gasteiger partial charge in [0.05, 0.1) is 6.54 Å². The van der Waals surface area contributed by atoms with Crippen LogP contribution in [0.5, 0.6) is 5.75 Å². The highest BCUT2D eigenvalue weighted by Crippen LogP contribution is 2.15. The van der Waals surface area contributed by atoms with E-state index in [1.807, 2.05) is 32.9 Å². The Hall–Kier alpha value is -1.71. The van der Waals surface area contributed by atoms with Gasteiger partial charge in [0.25, 0.3) is 0 Å². The monoisotopic (exact) mass is 250 g/mol. The predicted molar refractivity (Wildman–Crippen MR) is 73.1 cm³/mol. The zero-order valence-electron chi connectivity index (χ0n) is 11.4. The van der Waals surface area contributed by atoms with Crippen LogP contribution in [0, 0.1) is 13.8 Å². The van der Waals surface area contributed by atoms with Crippen molar-refractivity contribution in [3.05, 3.63) is 29.3 Å². The maximum atomic E-state index is 11.2. The zero-order valence-corrected chi connectivity index (χ0v) is 11.4. The highest BCUT2D eigenvalue weighted by Gasteiger charge is 1.99. The van der Waals surface area contributed by atoms with E-state index < -0.39 is 0 Å². The number of carbonyl (C=O) groups excluding carboxylic acids is 1. The van der Waals surface area contributed by atoms with Gasteiger partial charge in [0.1, 0.15) is 12.4 Å². The van der Waals surface area contributed by atoms with Gasteiger partial charge in [0.2, 0.25) is 0 Å². The first-order valence-corrected chi connectivity index (χ1v) is 6.34. The summed E-state index contributed by atoms with van der Waals surface area (Å²) in [6.07, 6.45) is 0.937. The van der Waals surface area contributed by atoms with Gasteiger partial charge in [0, 0.05) is 6.54 Å². The van der Waals surface area contributed by atoms with E-state index in [0.717, 1.165) is 12.2 Å². The van der Waals surface area contributed by atoms with Crippen molar-refractivity contribution >= 4 is 6.03 Å². The summed E-state index contributed by atoms with van der Waals surface area (Å²) in [5.41, 5.74) is 2.36. The molecule has 0 spiro atoms. The SMILES string of the molecule is CCCNC(=O)NCCOc1cc(C)cc(C)c1. The molecule has 0 unspecified atom stereocenters. The number of nitrogens with one attached hydrogen (secondary N) is 2. The number of hydrogen-bond donors (Lipinski definition) is 2. The molecule has 0 aliphatic carbocycles. The van der Waals surface area contributed by atoms with Crippen LogP contribution in [-0.4, -0.2) is 25.7 Å². The van der Waals surface area contributed by atoms with E-state index in [-0.39, 0.29) is 6.03 Å². The van der Waals surface area contributed by atoms with Gasteiger partial charge < -0.3 is 15.4 Å². The van der Waals surface area contributed by atoms with Crippen molar-refractivity contribution in [2.45, 2.75) is 27.2 Å². The normalized spacial score (nSPS) is 9.94. The fourth-order valence-electron chi connectivity index (χ4n) is 1.65. The summed E-state index contributed by atoms with van der Waals surface area (Å²) in [4.78, 5) is 11.2. The molecular weight excluding hydrogens is 228 g/mol. The first kappa shape index (κ1) is 14.4. The second-order valence-electron chi connectivity index (χ2n) is 4.35. The number of urea groups is 1. The van der Waals surface area contributed by atoms with Crippen molar-refractivity contribution in [3.63, 3.8) is 0 Å². The van der Waals surface area contributed by atoms with Gasteiger partial charge in [-0.15, -0.1) is 0 Å². The smallest absolute Gasteiger partial charge is 0.314 e. The third-order valence-electron chi connectivity index (χ3n) is 2.39. The molecule has 100 valence electrons. The third-order valence-corrected chi connectivity index (χ3v) is 2.39. The Kier molecular flexibility index (Phi) is 6.05. The van der Waals surface area contributed by atoms with Crippen LogP contribution in [0.4, 0.5) is 4.79 Å². The summed E-state index contributed by atoms with van der Waals surface area (Å²) < 4.78 is 5.58. The fourth-order valence-corrected chi connectivity index (χ4v) is 1.65. The van der Waals surface area contributed by atoms with E-state index in [1.165, 1.54) is 11.1 Å². The Labute approximate surface area is 109 Å². The standard InChI is InChI=1S/C14H22N2O2/c1-4-5-15-14(17)16-6-7-18-13-9-11(2)8-12(3)10-13/h8-10H,4-7H2,1-3H3,(H2,15,16,17). The maximum absolute atomic E-state index is 11.2. The summed E-state index contributed by atoms with van der Waals surface area (Å²) in [7, 11) is 0. The van der Waals surface area contributed by atoms with Crippen LogP contribution in [0.25, 0.3) is 0 Å². The lowest BCUT2D eigenvalue weighted by Gasteiger charge is -2.09. The summed E-state index contributed by atoms with van der Waals surface area (Å²) in [6.45, 7) is 7.77. The molecule has 0 bridgehead atoms. The Bertz CT molecular complexity index is 371. The first-order valence-electron chi connectivity index (χ1n) is 6.34. The molecule has 0 atom stereocenters. The number of hydrogen-bond acceptors (Lipinski definition) is 2. The highest BCUT2D eigenvalue weighted by molar-refractivity contribution is 5.73. The summed E-state index contributed by atoms with van der Waals surface area (Å²) in [5, 5.41) is 5.49. The van der Waals surface area contributed by atoms with Gasteiger partial charge >= 0.3 is 6.03 Å². The largest absolute Gasteiger partial charge is 0.492 e. The molecule has 1 aromatic rings. The molecule has 0 saturated carbocycles. The Balaban J connectivity index is 2.23. The minimum atomic E-state index is -0.138. The lowest BCUT2D eigenvalue weighted by molar-refractivity contribution is 0.236. The molecule has 0 radical (unpaired) electrons. The van der Waals surface area contributed by atoms with E-state index in [2.05, 4.69) is 16.7 Å². The van der Waals surface area contributed by atoms with E-state index in [9.17, 15) is 4.79 Å². The molecule has 1 rings (SSSR count). The quantitative estimate of drug-likeness (QED) is 0.762.